The molecule has 2 aromatic rings. The number of fused-ring (bicyclic) bond motifs is 1. The predicted molar refractivity (Wildman–Crippen MR) is 99.0 cm³/mol. The van der Waals surface area contributed by atoms with E-state index in [0.29, 0.717) is 0 Å². The lowest BCUT2D eigenvalue weighted by molar-refractivity contribution is -0.131. The number of halogens is 1. The topological polar surface area (TPSA) is 49.4 Å². The molecule has 1 heterocycles. The van der Waals surface area contributed by atoms with Crippen LogP contribution < -0.4 is 5.32 Å². The molecular weight excluding hydrogens is 380 g/mol. The summed E-state index contributed by atoms with van der Waals surface area (Å²) in [4.78, 5) is 26.8. The van der Waals surface area contributed by atoms with E-state index in [4.69, 9.17) is 0 Å². The van der Waals surface area contributed by atoms with Crippen LogP contribution in [0.25, 0.3) is 0 Å². The number of hydrogen-bond donors (Lipinski definition) is 1. The number of urea groups is 1. The summed E-state index contributed by atoms with van der Waals surface area (Å²) in [6.45, 7) is 2.06. The van der Waals surface area contributed by atoms with Crippen LogP contribution in [0.2, 0.25) is 0 Å². The molecule has 1 aliphatic heterocycles. The average molecular weight is 399 g/mol. The fourth-order valence-corrected chi connectivity index (χ4v) is 4.18. The van der Waals surface area contributed by atoms with Crippen LogP contribution in [0.3, 0.4) is 0 Å². The fourth-order valence-electron chi connectivity index (χ4n) is 3.74. The number of nitrogens with zero attached hydrogens (tertiary/aromatic N) is 1. The molecule has 1 N–H and O–H groups in total. The Bertz CT molecular complexity index is 880. The number of imide groups is 1. The van der Waals surface area contributed by atoms with Crippen LogP contribution in [0.15, 0.2) is 46.9 Å². The molecule has 3 amide bonds. The number of carbonyl (C=O) groups excluding carboxylic acids is 2. The van der Waals surface area contributed by atoms with Gasteiger partial charge in [-0.1, -0.05) is 46.3 Å². The lowest BCUT2D eigenvalue weighted by Crippen LogP contribution is -2.40. The Balaban J connectivity index is 1.63. The van der Waals surface area contributed by atoms with Crippen LogP contribution in [-0.2, 0) is 29.7 Å². The summed E-state index contributed by atoms with van der Waals surface area (Å²) >= 11 is 3.43. The Morgan fingerprint density at radius 2 is 1.92 bits per heavy atom. The van der Waals surface area contributed by atoms with E-state index in [1.807, 2.05) is 30.3 Å². The van der Waals surface area contributed by atoms with Crippen molar-refractivity contribution < 1.29 is 9.59 Å². The van der Waals surface area contributed by atoms with Gasteiger partial charge in [0.1, 0.15) is 5.54 Å². The number of carbonyl (C=O) groups is 2. The Hall–Kier alpha value is -2.14. The third kappa shape index (κ3) is 2.76. The largest absolute Gasteiger partial charge is 0.325 e. The molecule has 5 heteroatoms. The Kier molecular flexibility index (Phi) is 3.91. The maximum Gasteiger partial charge on any atom is 0.325 e. The molecule has 4 nitrogen and oxygen atoms in total. The standard InChI is InChI=1S/C20H19BrN2O2/c1-20(16-9-8-14-5-3-6-15(14)11-16)18(24)23(19(25)22-20)12-13-4-2-7-17(21)10-13/h2,4,7-11H,3,5-6,12H2,1H3,(H,22,25). The van der Waals surface area contributed by atoms with E-state index in [-0.39, 0.29) is 18.5 Å². The van der Waals surface area contributed by atoms with Crippen molar-refractivity contribution in [2.75, 3.05) is 0 Å². The number of aryl methyl sites for hydroxylation is 2. The molecule has 2 aliphatic rings. The highest BCUT2D eigenvalue weighted by Gasteiger charge is 2.49. The second-order valence-electron chi connectivity index (χ2n) is 6.91. The molecule has 0 aromatic heterocycles. The summed E-state index contributed by atoms with van der Waals surface area (Å²) in [6, 6.07) is 13.5. The number of hydrogen-bond acceptors (Lipinski definition) is 2. The van der Waals surface area contributed by atoms with Crippen LogP contribution in [0, 0.1) is 0 Å². The molecular formula is C20H19BrN2O2. The SMILES string of the molecule is CC1(c2ccc3c(c2)CCC3)NC(=O)N(Cc2cccc(Br)c2)C1=O. The maximum absolute atomic E-state index is 13.1. The Morgan fingerprint density at radius 1 is 1.12 bits per heavy atom. The van der Waals surface area contributed by atoms with E-state index in [2.05, 4.69) is 33.4 Å². The average Bonchev–Trinajstić information content (AvgIpc) is 3.13. The molecule has 0 saturated carbocycles. The highest BCUT2D eigenvalue weighted by Crippen LogP contribution is 2.33. The van der Waals surface area contributed by atoms with E-state index in [1.165, 1.54) is 16.0 Å². The van der Waals surface area contributed by atoms with Crippen molar-refractivity contribution >= 4 is 27.9 Å². The fraction of sp³-hybridized carbons (Fsp3) is 0.300. The third-order valence-corrected chi connectivity index (χ3v) is 5.67. The number of nitrogens with one attached hydrogen (secondary N) is 1. The molecule has 1 aliphatic carbocycles. The van der Waals surface area contributed by atoms with Crippen molar-refractivity contribution in [3.05, 3.63) is 69.2 Å². The van der Waals surface area contributed by atoms with Crippen LogP contribution in [-0.4, -0.2) is 16.8 Å². The van der Waals surface area contributed by atoms with Gasteiger partial charge < -0.3 is 5.32 Å². The van der Waals surface area contributed by atoms with Crippen LogP contribution in [0.1, 0.15) is 35.6 Å². The smallest absolute Gasteiger partial charge is 0.319 e. The lowest BCUT2D eigenvalue weighted by atomic mass is 9.89. The zero-order chi connectivity index (χ0) is 17.6. The molecule has 1 atom stereocenters. The van der Waals surface area contributed by atoms with Crippen molar-refractivity contribution in [3.63, 3.8) is 0 Å². The number of amides is 3. The van der Waals surface area contributed by atoms with E-state index >= 15 is 0 Å². The second kappa shape index (κ2) is 5.99. The molecule has 0 radical (unpaired) electrons. The summed E-state index contributed by atoms with van der Waals surface area (Å²) in [5.74, 6) is -0.199. The van der Waals surface area contributed by atoms with Crippen molar-refractivity contribution in [1.82, 2.24) is 10.2 Å². The minimum Gasteiger partial charge on any atom is -0.319 e. The first-order valence-electron chi connectivity index (χ1n) is 8.48. The molecule has 4 rings (SSSR count). The molecule has 1 saturated heterocycles. The second-order valence-corrected chi connectivity index (χ2v) is 7.83. The first-order chi connectivity index (χ1) is 12.0. The minimum atomic E-state index is -0.999. The van der Waals surface area contributed by atoms with E-state index in [9.17, 15) is 9.59 Å². The number of benzene rings is 2. The first kappa shape index (κ1) is 16.3. The first-order valence-corrected chi connectivity index (χ1v) is 9.27. The Morgan fingerprint density at radius 3 is 2.72 bits per heavy atom. The van der Waals surface area contributed by atoms with Gasteiger partial charge in [0, 0.05) is 4.47 Å². The van der Waals surface area contributed by atoms with Gasteiger partial charge in [-0.05, 0) is 60.6 Å². The van der Waals surface area contributed by atoms with Gasteiger partial charge in [0.05, 0.1) is 6.54 Å². The molecule has 1 fully saturated rings. The van der Waals surface area contributed by atoms with Crippen LogP contribution >= 0.6 is 15.9 Å². The summed E-state index contributed by atoms with van der Waals surface area (Å²) in [7, 11) is 0. The predicted octanol–water partition coefficient (Wildman–Crippen LogP) is 3.91. The summed E-state index contributed by atoms with van der Waals surface area (Å²) in [5, 5.41) is 2.90. The molecule has 25 heavy (non-hydrogen) atoms. The lowest BCUT2D eigenvalue weighted by Gasteiger charge is -2.23. The van der Waals surface area contributed by atoms with Gasteiger partial charge in [-0.15, -0.1) is 0 Å². The van der Waals surface area contributed by atoms with E-state index < -0.39 is 5.54 Å². The molecule has 0 spiro atoms. The van der Waals surface area contributed by atoms with E-state index in [0.717, 1.165) is 34.9 Å². The highest BCUT2D eigenvalue weighted by atomic mass is 79.9. The van der Waals surface area contributed by atoms with Crippen molar-refractivity contribution in [1.29, 1.82) is 0 Å². The van der Waals surface area contributed by atoms with Crippen molar-refractivity contribution in [3.8, 4) is 0 Å². The quantitative estimate of drug-likeness (QED) is 0.796. The van der Waals surface area contributed by atoms with Crippen LogP contribution in [0.5, 0.6) is 0 Å². The summed E-state index contributed by atoms with van der Waals surface area (Å²) in [5.41, 5.74) is 3.43. The van der Waals surface area contributed by atoms with E-state index in [1.54, 1.807) is 6.92 Å². The van der Waals surface area contributed by atoms with Gasteiger partial charge in [-0.2, -0.15) is 0 Å². The summed E-state index contributed by atoms with van der Waals surface area (Å²) < 4.78 is 0.929. The van der Waals surface area contributed by atoms with Gasteiger partial charge in [-0.3, -0.25) is 9.69 Å². The highest BCUT2D eigenvalue weighted by molar-refractivity contribution is 9.10. The molecule has 128 valence electrons. The van der Waals surface area contributed by atoms with Gasteiger partial charge >= 0.3 is 6.03 Å². The molecule has 0 bridgehead atoms. The molecule has 1 unspecified atom stereocenters. The van der Waals surface area contributed by atoms with Crippen LogP contribution in [0.4, 0.5) is 4.79 Å². The van der Waals surface area contributed by atoms with Gasteiger partial charge in [0.25, 0.3) is 5.91 Å². The monoisotopic (exact) mass is 398 g/mol. The van der Waals surface area contributed by atoms with Gasteiger partial charge in [-0.25, -0.2) is 4.79 Å². The molecule has 2 aromatic carbocycles. The number of rotatable bonds is 3. The minimum absolute atomic E-state index is 0.199. The summed E-state index contributed by atoms with van der Waals surface area (Å²) in [6.07, 6.45) is 3.30. The van der Waals surface area contributed by atoms with Gasteiger partial charge in [0.15, 0.2) is 0 Å². The third-order valence-electron chi connectivity index (χ3n) is 5.18. The zero-order valence-corrected chi connectivity index (χ0v) is 15.6. The maximum atomic E-state index is 13.1. The van der Waals surface area contributed by atoms with Gasteiger partial charge in [0.2, 0.25) is 0 Å². The normalized spacial score (nSPS) is 22.2. The Labute approximate surface area is 155 Å². The van der Waals surface area contributed by atoms with Crippen molar-refractivity contribution in [2.45, 2.75) is 38.3 Å². The zero-order valence-electron chi connectivity index (χ0n) is 14.0. The van der Waals surface area contributed by atoms with Crippen molar-refractivity contribution in [2.24, 2.45) is 0 Å².